The summed E-state index contributed by atoms with van der Waals surface area (Å²) in [7, 11) is 1.33. The average molecular weight is 519 g/mol. The highest BCUT2D eigenvalue weighted by molar-refractivity contribution is 6.68. The number of ketones is 1. The molecule has 0 aliphatic heterocycles. The first kappa shape index (κ1) is 22.7. The predicted molar refractivity (Wildman–Crippen MR) is 129 cm³/mol. The van der Waals surface area contributed by atoms with Crippen molar-refractivity contribution in [2.45, 2.75) is 9.83 Å². The van der Waals surface area contributed by atoms with Crippen molar-refractivity contribution in [1.82, 2.24) is 15.1 Å². The molecule has 1 aliphatic rings. The molecule has 4 aromatic rings. The van der Waals surface area contributed by atoms with Crippen LogP contribution in [0, 0.1) is 5.82 Å². The number of methoxy groups -OCH3 is 1. The van der Waals surface area contributed by atoms with Crippen LogP contribution in [0.5, 0.6) is 5.75 Å². The number of carbonyl (C=O) groups is 2. The van der Waals surface area contributed by atoms with Crippen LogP contribution in [0.25, 0.3) is 22.2 Å². The number of ether oxygens (including phenoxy) is 1. The first-order valence-corrected chi connectivity index (χ1v) is 11.2. The Morgan fingerprint density at radius 1 is 1.06 bits per heavy atom. The fraction of sp³-hybridized carbons (Fsp3) is 0.125. The Kier molecular flexibility index (Phi) is 5.51. The van der Waals surface area contributed by atoms with Crippen LogP contribution in [-0.2, 0) is 0 Å². The molecule has 1 aromatic heterocycles. The van der Waals surface area contributed by atoms with E-state index in [1.165, 1.54) is 19.2 Å². The summed E-state index contributed by atoms with van der Waals surface area (Å²) in [6, 6.07) is 14.2. The monoisotopic (exact) mass is 517 g/mol. The molecule has 3 aromatic carbocycles. The molecule has 34 heavy (non-hydrogen) atoms. The predicted octanol–water partition coefficient (Wildman–Crippen LogP) is 6.06. The van der Waals surface area contributed by atoms with Gasteiger partial charge >= 0.3 is 6.03 Å². The molecule has 6 nitrogen and oxygen atoms in total. The van der Waals surface area contributed by atoms with E-state index < -0.39 is 21.7 Å². The second-order valence-electron chi connectivity index (χ2n) is 7.65. The summed E-state index contributed by atoms with van der Waals surface area (Å²) in [6.45, 7) is 0. The molecule has 1 amide bonds. The van der Waals surface area contributed by atoms with Crippen molar-refractivity contribution < 1.29 is 18.7 Å². The van der Waals surface area contributed by atoms with Crippen LogP contribution in [0.3, 0.4) is 0 Å². The van der Waals surface area contributed by atoms with Crippen LogP contribution in [0.4, 0.5) is 9.18 Å². The number of alkyl halides is 3. The van der Waals surface area contributed by atoms with Crippen LogP contribution >= 0.6 is 34.8 Å². The third-order valence-electron chi connectivity index (χ3n) is 5.68. The quantitative estimate of drug-likeness (QED) is 0.295. The van der Waals surface area contributed by atoms with Gasteiger partial charge in [0.05, 0.1) is 12.6 Å². The molecule has 1 aliphatic carbocycles. The molecule has 1 atom stereocenters. The van der Waals surface area contributed by atoms with Gasteiger partial charge < -0.3 is 10.1 Å². The van der Waals surface area contributed by atoms with Gasteiger partial charge in [-0.15, -0.1) is 0 Å². The molecule has 0 bridgehead atoms. The minimum Gasteiger partial charge on any atom is -0.494 e. The minimum absolute atomic E-state index is 0.00936. The Labute approximate surface area is 208 Å². The number of fused-ring (bicyclic) bond motifs is 2. The van der Waals surface area contributed by atoms with Crippen LogP contribution in [0.1, 0.15) is 27.5 Å². The third kappa shape index (κ3) is 3.60. The lowest BCUT2D eigenvalue weighted by Crippen LogP contribution is -2.39. The van der Waals surface area contributed by atoms with E-state index in [-0.39, 0.29) is 17.1 Å². The highest BCUT2D eigenvalue weighted by Crippen LogP contribution is 2.42. The van der Waals surface area contributed by atoms with E-state index in [2.05, 4.69) is 10.4 Å². The maximum Gasteiger partial charge on any atom is 0.343 e. The van der Waals surface area contributed by atoms with Gasteiger partial charge in [-0.3, -0.25) is 4.79 Å². The minimum atomic E-state index is -2.01. The SMILES string of the molecule is COc1ccc([C@@H](NC(=O)n2nc3c4c(cccc42)C(=O)c2ccccc2-3)C(Cl)(Cl)Cl)cc1F. The van der Waals surface area contributed by atoms with E-state index in [1.54, 1.807) is 42.5 Å². The van der Waals surface area contributed by atoms with Crippen molar-refractivity contribution in [2.75, 3.05) is 7.11 Å². The fourth-order valence-corrected chi connectivity index (χ4v) is 4.68. The maximum atomic E-state index is 14.3. The molecule has 10 heteroatoms. The standard InChI is InChI=1S/C24H15Cl3FN3O3/c1-34-18-10-9-12(11-16(18)28)22(24(25,26)27)29-23(33)31-17-8-4-7-15-19(17)20(30-31)13-5-2-3-6-14(13)21(15)32/h2-11,22H,1H3,(H,29,33)/t22-/m1/s1. The molecule has 0 saturated carbocycles. The van der Waals surface area contributed by atoms with Crippen molar-refractivity contribution >= 4 is 57.5 Å². The van der Waals surface area contributed by atoms with E-state index in [1.807, 2.05) is 0 Å². The van der Waals surface area contributed by atoms with E-state index in [9.17, 15) is 14.0 Å². The second-order valence-corrected chi connectivity index (χ2v) is 10.0. The summed E-state index contributed by atoms with van der Waals surface area (Å²) in [5.74, 6) is -0.817. The number of halogens is 4. The van der Waals surface area contributed by atoms with Gasteiger partial charge in [0.15, 0.2) is 17.3 Å². The molecule has 0 spiro atoms. The number of rotatable bonds is 3. The summed E-state index contributed by atoms with van der Waals surface area (Å²) in [5.41, 5.74) is 2.70. The van der Waals surface area contributed by atoms with Gasteiger partial charge in [-0.1, -0.05) is 77.3 Å². The van der Waals surface area contributed by atoms with Gasteiger partial charge in [0.25, 0.3) is 0 Å². The average Bonchev–Trinajstić information content (AvgIpc) is 3.21. The fourth-order valence-electron chi connectivity index (χ4n) is 4.14. The summed E-state index contributed by atoms with van der Waals surface area (Å²) in [6.07, 6.45) is 0. The lowest BCUT2D eigenvalue weighted by molar-refractivity contribution is 0.104. The zero-order valence-corrected chi connectivity index (χ0v) is 19.7. The Hall–Kier alpha value is -3.13. The highest BCUT2D eigenvalue weighted by atomic mass is 35.6. The maximum absolute atomic E-state index is 14.3. The molecule has 0 radical (unpaired) electrons. The lowest BCUT2D eigenvalue weighted by Gasteiger charge is -2.26. The molecule has 1 heterocycles. The van der Waals surface area contributed by atoms with Gasteiger partial charge in [0.2, 0.25) is 3.79 Å². The third-order valence-corrected chi connectivity index (χ3v) is 6.33. The Morgan fingerprint density at radius 2 is 1.76 bits per heavy atom. The lowest BCUT2D eigenvalue weighted by atomic mass is 9.87. The van der Waals surface area contributed by atoms with E-state index in [4.69, 9.17) is 39.5 Å². The van der Waals surface area contributed by atoms with Gasteiger partial charge in [0.1, 0.15) is 11.7 Å². The van der Waals surface area contributed by atoms with Crippen LogP contribution in [0.15, 0.2) is 60.7 Å². The normalized spacial score (nSPS) is 13.5. The van der Waals surface area contributed by atoms with Gasteiger partial charge in [-0.25, -0.2) is 9.18 Å². The van der Waals surface area contributed by atoms with Crippen LogP contribution in [-0.4, -0.2) is 32.5 Å². The van der Waals surface area contributed by atoms with Crippen molar-refractivity contribution in [1.29, 1.82) is 0 Å². The van der Waals surface area contributed by atoms with Crippen molar-refractivity contribution in [3.05, 3.63) is 83.2 Å². The van der Waals surface area contributed by atoms with Crippen molar-refractivity contribution in [2.24, 2.45) is 0 Å². The number of nitrogens with zero attached hydrogens (tertiary/aromatic N) is 2. The first-order valence-electron chi connectivity index (χ1n) is 10.1. The summed E-state index contributed by atoms with van der Waals surface area (Å²) in [5, 5.41) is 7.69. The molecule has 0 unspecified atom stereocenters. The molecular weight excluding hydrogens is 504 g/mol. The molecule has 172 valence electrons. The Balaban J connectivity index is 1.60. The zero-order chi connectivity index (χ0) is 24.2. The number of carbonyl (C=O) groups excluding carboxylic acids is 2. The molecular formula is C24H15Cl3FN3O3. The van der Waals surface area contributed by atoms with E-state index in [0.29, 0.717) is 33.3 Å². The largest absolute Gasteiger partial charge is 0.494 e. The van der Waals surface area contributed by atoms with Crippen LogP contribution in [0.2, 0.25) is 0 Å². The molecule has 5 rings (SSSR count). The summed E-state index contributed by atoms with van der Waals surface area (Å²) in [4.78, 5) is 26.4. The summed E-state index contributed by atoms with van der Waals surface area (Å²) < 4.78 is 18.4. The van der Waals surface area contributed by atoms with Crippen molar-refractivity contribution in [3.63, 3.8) is 0 Å². The Morgan fingerprint density at radius 3 is 2.44 bits per heavy atom. The van der Waals surface area contributed by atoms with Crippen LogP contribution < -0.4 is 10.1 Å². The smallest absolute Gasteiger partial charge is 0.343 e. The molecule has 0 saturated heterocycles. The summed E-state index contributed by atoms with van der Waals surface area (Å²) >= 11 is 18.5. The molecule has 0 fully saturated rings. The number of nitrogens with one attached hydrogen (secondary N) is 1. The van der Waals surface area contributed by atoms with Gasteiger partial charge in [0, 0.05) is 22.1 Å². The second kappa shape index (κ2) is 8.27. The highest BCUT2D eigenvalue weighted by Gasteiger charge is 2.37. The van der Waals surface area contributed by atoms with Crippen molar-refractivity contribution in [3.8, 4) is 17.0 Å². The van der Waals surface area contributed by atoms with E-state index >= 15 is 0 Å². The topological polar surface area (TPSA) is 73.2 Å². The number of hydrogen-bond acceptors (Lipinski definition) is 4. The zero-order valence-electron chi connectivity index (χ0n) is 17.5. The number of benzene rings is 3. The van der Waals surface area contributed by atoms with E-state index in [0.717, 1.165) is 10.7 Å². The van der Waals surface area contributed by atoms with Gasteiger partial charge in [-0.2, -0.15) is 9.78 Å². The number of hydrogen-bond donors (Lipinski definition) is 1. The van der Waals surface area contributed by atoms with Gasteiger partial charge in [-0.05, 0) is 23.8 Å². The number of amides is 1. The number of aromatic nitrogens is 2. The molecule has 1 N–H and O–H groups in total. The Bertz CT molecular complexity index is 1480. The first-order chi connectivity index (χ1) is 16.2.